The molecule has 1 aromatic carbocycles. The minimum Gasteiger partial charge on any atom is -0.465 e. The monoisotopic (exact) mass is 337 g/mol. The van der Waals surface area contributed by atoms with E-state index in [1.54, 1.807) is 6.07 Å². The first-order valence-corrected chi connectivity index (χ1v) is 8.40. The van der Waals surface area contributed by atoms with E-state index in [0.29, 0.717) is 0 Å². The van der Waals surface area contributed by atoms with E-state index in [-0.39, 0.29) is 17.9 Å². The fraction of sp³-hybridized carbons (Fsp3) is 0.500. The number of thiazole rings is 1. The van der Waals surface area contributed by atoms with Crippen molar-refractivity contribution in [1.82, 2.24) is 9.88 Å². The van der Waals surface area contributed by atoms with Crippen molar-refractivity contribution in [1.29, 1.82) is 0 Å². The minimum atomic E-state index is -0.878. The molecule has 0 aliphatic heterocycles. The Labute approximate surface area is 138 Å². The number of carbonyl (C=O) groups is 1. The van der Waals surface area contributed by atoms with Crippen LogP contribution in [0.4, 0.5) is 14.3 Å². The number of aromatic nitrogens is 1. The number of anilines is 1. The molecule has 0 radical (unpaired) electrons. The summed E-state index contributed by atoms with van der Waals surface area (Å²) in [5, 5.41) is 13.5. The fourth-order valence-corrected chi connectivity index (χ4v) is 4.01. The SMILES string of the molecule is CC(C)(C)N(C(=O)O)[C@H]1C[C@H](Nc2nc3ccc(F)cc3s2)C1. The van der Waals surface area contributed by atoms with Gasteiger partial charge in [0, 0.05) is 17.6 Å². The molecule has 0 unspecified atom stereocenters. The Kier molecular flexibility index (Phi) is 3.91. The molecule has 0 atom stereocenters. The first-order chi connectivity index (χ1) is 10.7. The van der Waals surface area contributed by atoms with Crippen LogP contribution in [0.1, 0.15) is 33.6 Å². The fourth-order valence-electron chi connectivity index (χ4n) is 3.04. The van der Waals surface area contributed by atoms with E-state index >= 15 is 0 Å². The summed E-state index contributed by atoms with van der Waals surface area (Å²) in [6, 6.07) is 4.78. The molecule has 2 N–H and O–H groups in total. The molecule has 124 valence electrons. The molecule has 1 heterocycles. The lowest BCUT2D eigenvalue weighted by molar-refractivity contribution is 0.0379. The van der Waals surface area contributed by atoms with Gasteiger partial charge >= 0.3 is 6.09 Å². The van der Waals surface area contributed by atoms with Crippen LogP contribution in [0.25, 0.3) is 10.2 Å². The quantitative estimate of drug-likeness (QED) is 0.883. The van der Waals surface area contributed by atoms with Gasteiger partial charge in [-0.25, -0.2) is 14.2 Å². The zero-order valence-electron chi connectivity index (χ0n) is 13.3. The average molecular weight is 337 g/mol. The highest BCUT2D eigenvalue weighted by atomic mass is 32.1. The van der Waals surface area contributed by atoms with Crippen molar-refractivity contribution in [3.8, 4) is 0 Å². The molecule has 1 saturated carbocycles. The summed E-state index contributed by atoms with van der Waals surface area (Å²) < 4.78 is 14.0. The van der Waals surface area contributed by atoms with Gasteiger partial charge in [-0.1, -0.05) is 11.3 Å². The van der Waals surface area contributed by atoms with Crippen LogP contribution < -0.4 is 5.32 Å². The van der Waals surface area contributed by atoms with Gasteiger partial charge in [0.1, 0.15) is 5.82 Å². The average Bonchev–Trinajstić information content (AvgIpc) is 2.75. The van der Waals surface area contributed by atoms with E-state index in [4.69, 9.17) is 0 Å². The van der Waals surface area contributed by atoms with Gasteiger partial charge in [0.05, 0.1) is 10.2 Å². The van der Waals surface area contributed by atoms with Crippen molar-refractivity contribution >= 4 is 32.8 Å². The van der Waals surface area contributed by atoms with Gasteiger partial charge < -0.3 is 15.3 Å². The molecule has 5 nitrogen and oxygen atoms in total. The Morgan fingerprint density at radius 1 is 1.43 bits per heavy atom. The predicted molar refractivity (Wildman–Crippen MR) is 89.6 cm³/mol. The molecule has 0 saturated heterocycles. The van der Waals surface area contributed by atoms with Crippen LogP contribution in [0.15, 0.2) is 18.2 Å². The number of benzene rings is 1. The van der Waals surface area contributed by atoms with Crippen LogP contribution in [0, 0.1) is 5.82 Å². The molecular formula is C16H20FN3O2S. The van der Waals surface area contributed by atoms with Crippen LogP contribution in [0.3, 0.4) is 0 Å². The second-order valence-corrected chi connectivity index (χ2v) is 7.95. The third-order valence-corrected chi connectivity index (χ3v) is 5.03. The number of halogens is 1. The number of hydrogen-bond donors (Lipinski definition) is 2. The third kappa shape index (κ3) is 3.24. The van der Waals surface area contributed by atoms with Crippen LogP contribution >= 0.6 is 11.3 Å². The first kappa shape index (κ1) is 16.0. The predicted octanol–water partition coefficient (Wildman–Crippen LogP) is 4.16. The van der Waals surface area contributed by atoms with Gasteiger partial charge in [0.25, 0.3) is 0 Å². The van der Waals surface area contributed by atoms with Crippen LogP contribution in [-0.4, -0.2) is 38.7 Å². The smallest absolute Gasteiger partial charge is 0.407 e. The molecule has 2 aromatic rings. The standard InChI is InChI=1S/C16H20FN3O2S/c1-16(2,3)20(15(21)22)11-7-10(8-11)18-14-19-12-5-4-9(17)6-13(12)23-14/h4-6,10-11H,7-8H2,1-3H3,(H,18,19)(H,21,22)/t10-,11-. The summed E-state index contributed by atoms with van der Waals surface area (Å²) in [4.78, 5) is 17.4. The molecule has 1 amide bonds. The molecule has 1 aliphatic rings. The Morgan fingerprint density at radius 2 is 2.13 bits per heavy atom. The maximum absolute atomic E-state index is 13.2. The lowest BCUT2D eigenvalue weighted by Crippen LogP contribution is -2.58. The number of rotatable bonds is 3. The molecule has 1 aliphatic carbocycles. The van der Waals surface area contributed by atoms with Crippen molar-refractivity contribution in [3.63, 3.8) is 0 Å². The van der Waals surface area contributed by atoms with Crippen molar-refractivity contribution in [2.45, 2.75) is 51.2 Å². The van der Waals surface area contributed by atoms with E-state index in [9.17, 15) is 14.3 Å². The Morgan fingerprint density at radius 3 is 2.74 bits per heavy atom. The molecule has 1 fully saturated rings. The molecule has 23 heavy (non-hydrogen) atoms. The highest BCUT2D eigenvalue weighted by Gasteiger charge is 2.41. The van der Waals surface area contributed by atoms with Gasteiger partial charge in [-0.3, -0.25) is 0 Å². The Bertz CT molecular complexity index is 734. The highest BCUT2D eigenvalue weighted by molar-refractivity contribution is 7.22. The largest absolute Gasteiger partial charge is 0.465 e. The maximum Gasteiger partial charge on any atom is 0.407 e. The first-order valence-electron chi connectivity index (χ1n) is 7.59. The van der Waals surface area contributed by atoms with Gasteiger partial charge in [0.15, 0.2) is 5.13 Å². The van der Waals surface area contributed by atoms with E-state index < -0.39 is 11.6 Å². The molecule has 0 bridgehead atoms. The zero-order chi connectivity index (χ0) is 16.8. The molecule has 3 rings (SSSR count). The number of nitrogens with one attached hydrogen (secondary N) is 1. The normalized spacial score (nSPS) is 21.0. The van der Waals surface area contributed by atoms with Crippen molar-refractivity contribution in [2.24, 2.45) is 0 Å². The van der Waals surface area contributed by atoms with E-state index in [1.165, 1.54) is 28.4 Å². The van der Waals surface area contributed by atoms with E-state index in [1.807, 2.05) is 20.8 Å². The lowest BCUT2D eigenvalue weighted by Gasteiger charge is -2.47. The summed E-state index contributed by atoms with van der Waals surface area (Å²) in [5.41, 5.74) is 0.367. The third-order valence-electron chi connectivity index (χ3n) is 4.09. The topological polar surface area (TPSA) is 65.5 Å². The van der Waals surface area contributed by atoms with Crippen LogP contribution in [0.2, 0.25) is 0 Å². The van der Waals surface area contributed by atoms with E-state index in [0.717, 1.165) is 28.2 Å². The summed E-state index contributed by atoms with van der Waals surface area (Å²) in [6.45, 7) is 5.72. The minimum absolute atomic E-state index is 0.0248. The second kappa shape index (κ2) is 5.63. The Hall–Kier alpha value is -1.89. The van der Waals surface area contributed by atoms with Crippen LogP contribution in [0.5, 0.6) is 0 Å². The summed E-state index contributed by atoms with van der Waals surface area (Å²) in [5.74, 6) is -0.265. The summed E-state index contributed by atoms with van der Waals surface area (Å²) in [7, 11) is 0. The lowest BCUT2D eigenvalue weighted by atomic mass is 9.83. The summed E-state index contributed by atoms with van der Waals surface area (Å²) in [6.07, 6.45) is 0.637. The van der Waals surface area contributed by atoms with Crippen LogP contribution in [-0.2, 0) is 0 Å². The van der Waals surface area contributed by atoms with Crippen molar-refractivity contribution in [2.75, 3.05) is 5.32 Å². The Balaban J connectivity index is 1.64. The van der Waals surface area contributed by atoms with Gasteiger partial charge in [-0.05, 0) is 51.8 Å². The number of hydrogen-bond acceptors (Lipinski definition) is 4. The number of nitrogens with zero attached hydrogens (tertiary/aromatic N) is 2. The highest BCUT2D eigenvalue weighted by Crippen LogP contribution is 2.35. The number of fused-ring (bicyclic) bond motifs is 1. The number of carboxylic acid groups (broad SMARTS) is 1. The molecule has 1 aromatic heterocycles. The second-order valence-electron chi connectivity index (χ2n) is 6.92. The van der Waals surface area contributed by atoms with E-state index in [2.05, 4.69) is 10.3 Å². The van der Waals surface area contributed by atoms with Gasteiger partial charge in [-0.2, -0.15) is 0 Å². The zero-order valence-corrected chi connectivity index (χ0v) is 14.2. The summed E-state index contributed by atoms with van der Waals surface area (Å²) >= 11 is 1.42. The van der Waals surface area contributed by atoms with Gasteiger partial charge in [0.2, 0.25) is 0 Å². The van der Waals surface area contributed by atoms with Crippen molar-refractivity contribution in [3.05, 3.63) is 24.0 Å². The number of amides is 1. The van der Waals surface area contributed by atoms with Gasteiger partial charge in [-0.15, -0.1) is 0 Å². The van der Waals surface area contributed by atoms with Crippen molar-refractivity contribution < 1.29 is 14.3 Å². The molecule has 0 spiro atoms. The molecule has 7 heteroatoms. The maximum atomic E-state index is 13.2. The molecular weight excluding hydrogens is 317 g/mol.